The van der Waals surface area contributed by atoms with Crippen molar-refractivity contribution in [2.24, 2.45) is 17.3 Å². The minimum Gasteiger partial charge on any atom is -0.497 e. The number of piperidine rings is 1. The monoisotopic (exact) mass is 516 g/mol. The van der Waals surface area contributed by atoms with Crippen LogP contribution in [0.2, 0.25) is 0 Å². The Kier molecular flexibility index (Phi) is 10.2. The lowest BCUT2D eigenvalue weighted by Crippen LogP contribution is -2.58. The summed E-state index contributed by atoms with van der Waals surface area (Å²) in [7, 11) is 1.64. The second kappa shape index (κ2) is 13.1. The molecule has 1 aromatic carbocycles. The van der Waals surface area contributed by atoms with Crippen LogP contribution < -0.4 is 15.4 Å². The summed E-state index contributed by atoms with van der Waals surface area (Å²) in [5.74, 6) is 0.286. The van der Waals surface area contributed by atoms with Crippen molar-refractivity contribution in [3.8, 4) is 5.75 Å². The first-order chi connectivity index (χ1) is 17.6. The summed E-state index contributed by atoms with van der Waals surface area (Å²) in [5.41, 5.74) is 0.527. The van der Waals surface area contributed by atoms with E-state index in [0.717, 1.165) is 50.0 Å². The number of benzene rings is 1. The molecule has 3 amide bonds. The van der Waals surface area contributed by atoms with Crippen molar-refractivity contribution in [2.75, 3.05) is 32.1 Å². The number of likely N-dealkylation sites (tertiary alicyclic amines) is 1. The van der Waals surface area contributed by atoms with E-state index in [4.69, 9.17) is 4.74 Å². The molecule has 1 saturated heterocycles. The molecule has 206 valence electrons. The van der Waals surface area contributed by atoms with Gasteiger partial charge in [0.05, 0.1) is 19.6 Å². The van der Waals surface area contributed by atoms with E-state index in [9.17, 15) is 19.6 Å². The number of anilines is 1. The molecule has 1 saturated carbocycles. The van der Waals surface area contributed by atoms with Crippen LogP contribution in [0.5, 0.6) is 5.75 Å². The van der Waals surface area contributed by atoms with Gasteiger partial charge in [0, 0.05) is 24.8 Å². The summed E-state index contributed by atoms with van der Waals surface area (Å²) < 4.78 is 5.22. The summed E-state index contributed by atoms with van der Waals surface area (Å²) >= 11 is 0. The van der Waals surface area contributed by atoms with E-state index in [-0.39, 0.29) is 24.4 Å². The van der Waals surface area contributed by atoms with Gasteiger partial charge in [-0.3, -0.25) is 19.6 Å². The van der Waals surface area contributed by atoms with Crippen LogP contribution in [-0.2, 0) is 14.4 Å². The molecule has 1 aliphatic carbocycles. The predicted molar refractivity (Wildman–Crippen MR) is 142 cm³/mol. The Morgan fingerprint density at radius 1 is 1.14 bits per heavy atom. The van der Waals surface area contributed by atoms with Crippen LogP contribution in [0, 0.1) is 17.3 Å². The second-order valence-electron chi connectivity index (χ2n) is 11.6. The van der Waals surface area contributed by atoms with Gasteiger partial charge in [0.15, 0.2) is 0 Å². The molecule has 0 radical (unpaired) electrons. The van der Waals surface area contributed by atoms with Crippen molar-refractivity contribution in [3.63, 3.8) is 0 Å². The summed E-state index contributed by atoms with van der Waals surface area (Å²) in [6.07, 6.45) is 6.94. The number of nitrogens with one attached hydrogen (secondary N) is 2. The van der Waals surface area contributed by atoms with Crippen molar-refractivity contribution >= 4 is 23.9 Å². The third-order valence-electron chi connectivity index (χ3n) is 7.66. The molecule has 2 fully saturated rings. The molecular weight excluding hydrogens is 472 g/mol. The maximum Gasteiger partial charge on any atom is 0.245 e. The molecule has 3 N–H and O–H groups in total. The summed E-state index contributed by atoms with van der Waals surface area (Å²) in [5, 5.41) is 16.9. The number of amides is 3. The van der Waals surface area contributed by atoms with E-state index in [0.29, 0.717) is 36.9 Å². The van der Waals surface area contributed by atoms with Crippen molar-refractivity contribution in [1.29, 1.82) is 0 Å². The minimum absolute atomic E-state index is 0.0701. The quantitative estimate of drug-likeness (QED) is 0.235. The Hall–Kier alpha value is -2.81. The molecule has 9 heteroatoms. The number of rotatable bonds is 11. The number of methoxy groups -OCH3 is 1. The molecule has 3 rings (SSSR count). The van der Waals surface area contributed by atoms with Crippen LogP contribution in [0.1, 0.15) is 65.7 Å². The molecule has 1 aromatic rings. The molecule has 0 bridgehead atoms. The van der Waals surface area contributed by atoms with Gasteiger partial charge in [0.25, 0.3) is 0 Å². The van der Waals surface area contributed by atoms with E-state index < -0.39 is 17.4 Å². The van der Waals surface area contributed by atoms with Crippen molar-refractivity contribution in [3.05, 3.63) is 24.3 Å². The Bertz CT molecular complexity index is 887. The van der Waals surface area contributed by atoms with E-state index >= 15 is 0 Å². The van der Waals surface area contributed by atoms with E-state index in [2.05, 4.69) is 10.6 Å². The van der Waals surface area contributed by atoms with Crippen LogP contribution in [-0.4, -0.2) is 72.2 Å². The van der Waals surface area contributed by atoms with Gasteiger partial charge in [-0.25, -0.2) is 5.06 Å². The molecule has 1 heterocycles. The second-order valence-corrected chi connectivity index (χ2v) is 11.6. The van der Waals surface area contributed by atoms with Gasteiger partial charge >= 0.3 is 0 Å². The summed E-state index contributed by atoms with van der Waals surface area (Å²) in [4.78, 5) is 39.9. The number of carbonyl (C=O) groups is 3. The molecule has 0 aromatic heterocycles. The average Bonchev–Trinajstić information content (AvgIpc) is 3.39. The highest BCUT2D eigenvalue weighted by Crippen LogP contribution is 2.31. The first-order valence-electron chi connectivity index (χ1n) is 13.5. The van der Waals surface area contributed by atoms with E-state index in [1.807, 2.05) is 49.9 Å². The van der Waals surface area contributed by atoms with Crippen molar-refractivity contribution < 1.29 is 24.3 Å². The fourth-order valence-corrected chi connectivity index (χ4v) is 5.44. The molecule has 9 nitrogen and oxygen atoms in total. The minimum atomic E-state index is -0.694. The third-order valence-corrected chi connectivity index (χ3v) is 7.66. The lowest BCUT2D eigenvalue weighted by atomic mass is 9.84. The highest BCUT2D eigenvalue weighted by molar-refractivity contribution is 5.89. The Labute approximate surface area is 220 Å². The molecule has 2 atom stereocenters. The SMILES string of the molecule is COc1ccc(NC2CCN(C(=O)[C@@H](NC(=O)[C@H](CC3CCCC3)CN(O)C=O)C(C)(C)C)CC2)cc1. The number of ether oxygens (including phenoxy) is 1. The molecule has 37 heavy (non-hydrogen) atoms. The fourth-order valence-electron chi connectivity index (χ4n) is 5.44. The zero-order valence-electron chi connectivity index (χ0n) is 22.7. The standard InChI is InChI=1S/C28H44N4O5/c1-28(2,3)25(30-26(34)21(18-32(36)19-33)17-20-7-5-6-8-20)27(35)31-15-13-23(14-16-31)29-22-9-11-24(37-4)12-10-22/h9-12,19-21,23,25,29,36H,5-8,13-18H2,1-4H3,(H,30,34)/t21-,25-/m1/s1. The molecular formula is C28H44N4O5. The van der Waals surface area contributed by atoms with Crippen molar-refractivity contribution in [1.82, 2.24) is 15.3 Å². The Balaban J connectivity index is 1.60. The lowest BCUT2D eigenvalue weighted by molar-refractivity contribution is -0.156. The Morgan fingerprint density at radius 3 is 2.30 bits per heavy atom. The maximum atomic E-state index is 13.6. The van der Waals surface area contributed by atoms with Gasteiger partial charge < -0.3 is 20.3 Å². The fraction of sp³-hybridized carbons (Fsp3) is 0.679. The first kappa shape index (κ1) is 28.8. The maximum absolute atomic E-state index is 13.6. The zero-order valence-corrected chi connectivity index (χ0v) is 22.7. The van der Waals surface area contributed by atoms with Crippen LogP contribution in [0.4, 0.5) is 5.69 Å². The van der Waals surface area contributed by atoms with Crippen LogP contribution in [0.15, 0.2) is 24.3 Å². The summed E-state index contributed by atoms with van der Waals surface area (Å²) in [6.45, 7) is 6.99. The highest BCUT2D eigenvalue weighted by atomic mass is 16.5. The van der Waals surface area contributed by atoms with E-state index in [1.165, 1.54) is 0 Å². The van der Waals surface area contributed by atoms with Gasteiger partial charge in [0.2, 0.25) is 18.2 Å². The zero-order chi connectivity index (χ0) is 27.0. The number of nitrogens with zero attached hydrogens (tertiary/aromatic N) is 2. The van der Waals surface area contributed by atoms with Crippen LogP contribution in [0.25, 0.3) is 0 Å². The first-order valence-corrected chi connectivity index (χ1v) is 13.5. The smallest absolute Gasteiger partial charge is 0.245 e. The molecule has 0 spiro atoms. The van der Waals surface area contributed by atoms with Gasteiger partial charge in [-0.1, -0.05) is 46.5 Å². The average molecular weight is 517 g/mol. The molecule has 0 unspecified atom stereocenters. The normalized spacial score (nSPS) is 18.7. The van der Waals surface area contributed by atoms with Crippen LogP contribution >= 0.6 is 0 Å². The molecule has 1 aliphatic heterocycles. The van der Waals surface area contributed by atoms with Crippen LogP contribution in [0.3, 0.4) is 0 Å². The summed E-state index contributed by atoms with van der Waals surface area (Å²) in [6, 6.07) is 7.38. The number of carbonyl (C=O) groups excluding carboxylic acids is 3. The largest absolute Gasteiger partial charge is 0.497 e. The molecule has 2 aliphatic rings. The number of hydroxylamine groups is 2. The highest BCUT2D eigenvalue weighted by Gasteiger charge is 2.38. The topological polar surface area (TPSA) is 111 Å². The lowest BCUT2D eigenvalue weighted by Gasteiger charge is -2.39. The van der Waals surface area contributed by atoms with Gasteiger partial charge in [0.1, 0.15) is 11.8 Å². The van der Waals surface area contributed by atoms with Gasteiger partial charge in [-0.2, -0.15) is 0 Å². The van der Waals surface area contributed by atoms with Gasteiger partial charge in [-0.15, -0.1) is 0 Å². The number of hydrogen-bond donors (Lipinski definition) is 3. The number of hydrogen-bond acceptors (Lipinski definition) is 6. The third kappa shape index (κ3) is 8.35. The van der Waals surface area contributed by atoms with E-state index in [1.54, 1.807) is 7.11 Å². The Morgan fingerprint density at radius 2 is 1.76 bits per heavy atom. The van der Waals surface area contributed by atoms with Crippen molar-refractivity contribution in [2.45, 2.75) is 77.8 Å². The van der Waals surface area contributed by atoms with Gasteiger partial charge in [-0.05, 0) is 54.9 Å². The predicted octanol–water partition coefficient (Wildman–Crippen LogP) is 3.67.